The lowest BCUT2D eigenvalue weighted by Crippen LogP contribution is -2.12. The highest BCUT2D eigenvalue weighted by atomic mass is 32.4. The van der Waals surface area contributed by atoms with Crippen LogP contribution in [0.15, 0.2) is 65.1 Å². The summed E-state index contributed by atoms with van der Waals surface area (Å²) in [5.74, 6) is 2.58. The molecule has 1 N–H and O–H groups in total. The van der Waals surface area contributed by atoms with Gasteiger partial charge in [0, 0.05) is 12.2 Å². The number of methoxy groups -OCH3 is 1. The van der Waals surface area contributed by atoms with Gasteiger partial charge in [0.25, 0.3) is 0 Å². The van der Waals surface area contributed by atoms with Crippen LogP contribution in [0, 0.1) is 0 Å². The zero-order valence-corrected chi connectivity index (χ0v) is 17.3. The zero-order valence-electron chi connectivity index (χ0n) is 14.0. The molecule has 0 spiro atoms. The number of ketones is 1. The molecule has 0 aliphatic carbocycles. The minimum absolute atomic E-state index is 0.00869. The third-order valence-electron chi connectivity index (χ3n) is 3.79. The van der Waals surface area contributed by atoms with Gasteiger partial charge in [0.1, 0.15) is 11.5 Å². The van der Waals surface area contributed by atoms with Crippen LogP contribution in [0.2, 0.25) is 0 Å². The highest BCUT2D eigenvalue weighted by Gasteiger charge is 2.24. The van der Waals surface area contributed by atoms with Gasteiger partial charge in [-0.05, 0) is 58.3 Å². The molecule has 0 saturated carbocycles. The van der Waals surface area contributed by atoms with Crippen molar-refractivity contribution in [1.29, 1.82) is 0 Å². The Labute approximate surface area is 165 Å². The quantitative estimate of drug-likeness (QED) is 0.317. The lowest BCUT2D eigenvalue weighted by Gasteiger charge is -2.19. The summed E-state index contributed by atoms with van der Waals surface area (Å²) in [6, 6.07) is 12.4. The Balaban J connectivity index is 2.01. The van der Waals surface area contributed by atoms with Crippen LogP contribution in [0.1, 0.15) is 14.5 Å². The molecule has 0 aliphatic rings. The third kappa shape index (κ3) is 4.33. The molecule has 0 saturated heterocycles. The van der Waals surface area contributed by atoms with Gasteiger partial charge >= 0.3 is 0 Å². The molecule has 7 heteroatoms. The maximum absolute atomic E-state index is 12.7. The predicted molar refractivity (Wildman–Crippen MR) is 115 cm³/mol. The average molecular weight is 421 g/mol. The summed E-state index contributed by atoms with van der Waals surface area (Å²) in [6.45, 7) is 0. The molecule has 1 unspecified atom stereocenters. The molecule has 0 aliphatic heterocycles. The number of aliphatic hydroxyl groups excluding tert-OH is 1. The molecule has 2 heterocycles. The molecule has 3 rings (SSSR count). The van der Waals surface area contributed by atoms with Crippen molar-refractivity contribution in [3.63, 3.8) is 0 Å². The van der Waals surface area contributed by atoms with Crippen molar-refractivity contribution in [2.75, 3.05) is 13.3 Å². The van der Waals surface area contributed by atoms with Crippen LogP contribution < -0.4 is 10.0 Å². The Morgan fingerprint density at radius 1 is 1.12 bits per heavy atom. The third-order valence-corrected chi connectivity index (χ3v) is 9.52. The Bertz CT molecular complexity index is 943. The molecule has 1 aromatic carbocycles. The van der Waals surface area contributed by atoms with E-state index in [-0.39, 0.29) is 17.7 Å². The second-order valence-electron chi connectivity index (χ2n) is 5.54. The van der Waals surface area contributed by atoms with Gasteiger partial charge in [-0.1, -0.05) is 23.9 Å². The van der Waals surface area contributed by atoms with Gasteiger partial charge in [-0.3, -0.25) is 4.79 Å². The summed E-state index contributed by atoms with van der Waals surface area (Å²) < 4.78 is 5.21. The standard InChI is InChI=1S/C19H17O3PS3/c1-22-14-6-8-15(9-7-14)23(24,12-16(20)18-4-2-10-25-18)13-17(21)19-5-3-11-26-19/h2-12,20H,13H2,1H3/b16-12-. The van der Waals surface area contributed by atoms with Crippen LogP contribution in [0.4, 0.5) is 0 Å². The summed E-state index contributed by atoms with van der Waals surface area (Å²) in [7, 11) is 1.61. The average Bonchev–Trinajstić information content (AvgIpc) is 3.35. The molecule has 26 heavy (non-hydrogen) atoms. The van der Waals surface area contributed by atoms with Crippen molar-refractivity contribution in [1.82, 2.24) is 0 Å². The second-order valence-corrected chi connectivity index (χ2v) is 12.1. The van der Waals surface area contributed by atoms with E-state index in [9.17, 15) is 9.90 Å². The lowest BCUT2D eigenvalue weighted by molar-refractivity contribution is 0.102. The van der Waals surface area contributed by atoms with Crippen molar-refractivity contribution in [3.05, 3.63) is 74.9 Å². The monoisotopic (exact) mass is 420 g/mol. The van der Waals surface area contributed by atoms with E-state index < -0.39 is 6.04 Å². The van der Waals surface area contributed by atoms with E-state index in [2.05, 4.69) is 0 Å². The smallest absolute Gasteiger partial charge is 0.178 e. The van der Waals surface area contributed by atoms with Gasteiger partial charge in [0.2, 0.25) is 0 Å². The zero-order chi connectivity index (χ0) is 18.6. The SMILES string of the molecule is COc1ccc(P(=S)(/C=C(\O)c2cccs2)CC(=O)c2cccs2)cc1. The number of ether oxygens (including phenoxy) is 1. The van der Waals surface area contributed by atoms with Crippen LogP contribution in [-0.2, 0) is 11.8 Å². The van der Waals surface area contributed by atoms with Crippen LogP contribution in [-0.4, -0.2) is 24.2 Å². The topological polar surface area (TPSA) is 46.5 Å². The predicted octanol–water partition coefficient (Wildman–Crippen LogP) is 5.36. The number of hydrogen-bond acceptors (Lipinski definition) is 6. The van der Waals surface area contributed by atoms with E-state index in [4.69, 9.17) is 16.5 Å². The molecule has 3 nitrogen and oxygen atoms in total. The number of hydrogen-bond donors (Lipinski definition) is 1. The Hall–Kier alpha value is -1.72. The highest BCUT2D eigenvalue weighted by molar-refractivity contribution is 8.20. The van der Waals surface area contributed by atoms with E-state index in [0.717, 1.165) is 15.9 Å². The molecule has 0 fully saturated rings. The van der Waals surface area contributed by atoms with Gasteiger partial charge in [-0.2, -0.15) is 0 Å². The first-order valence-corrected chi connectivity index (χ1v) is 12.6. The van der Waals surface area contributed by atoms with Gasteiger partial charge in [-0.25, -0.2) is 0 Å². The Morgan fingerprint density at radius 2 is 1.73 bits per heavy atom. The minimum Gasteiger partial charge on any atom is -0.506 e. The number of rotatable bonds is 7. The van der Waals surface area contributed by atoms with Gasteiger partial charge in [-0.15, -0.1) is 22.7 Å². The normalized spacial score (nSPS) is 14.0. The number of carbonyl (C=O) groups excluding carboxylic acids is 1. The van der Waals surface area contributed by atoms with Crippen LogP contribution in [0.3, 0.4) is 0 Å². The minimum atomic E-state index is -2.47. The number of carbonyl (C=O) groups is 1. The molecule has 0 amide bonds. The molecular weight excluding hydrogens is 403 g/mol. The first-order chi connectivity index (χ1) is 12.5. The van der Waals surface area contributed by atoms with E-state index in [1.807, 2.05) is 59.3 Å². The molecular formula is C19H17O3PS3. The maximum atomic E-state index is 12.7. The molecule has 1 atom stereocenters. The number of Topliss-reactive ketones (excluding diaryl/α,β-unsaturated/α-hetero) is 1. The summed E-state index contributed by atoms with van der Waals surface area (Å²) in [6.07, 6.45) is 0.199. The lowest BCUT2D eigenvalue weighted by atomic mass is 10.3. The summed E-state index contributed by atoms with van der Waals surface area (Å²) in [5.41, 5.74) is 0. The Morgan fingerprint density at radius 3 is 2.27 bits per heavy atom. The fourth-order valence-corrected chi connectivity index (χ4v) is 7.18. The molecule has 0 radical (unpaired) electrons. The van der Waals surface area contributed by atoms with Gasteiger partial charge in [0.15, 0.2) is 5.78 Å². The van der Waals surface area contributed by atoms with E-state index >= 15 is 0 Å². The van der Waals surface area contributed by atoms with E-state index in [1.54, 1.807) is 12.9 Å². The molecule has 0 bridgehead atoms. The fraction of sp³-hybridized carbons (Fsp3) is 0.105. The van der Waals surface area contributed by atoms with Gasteiger partial charge in [0.05, 0.1) is 16.9 Å². The van der Waals surface area contributed by atoms with E-state index in [1.165, 1.54) is 22.7 Å². The van der Waals surface area contributed by atoms with Crippen molar-refractivity contribution >= 4 is 57.4 Å². The van der Waals surface area contributed by atoms with Crippen LogP contribution in [0.25, 0.3) is 5.76 Å². The summed E-state index contributed by atoms with van der Waals surface area (Å²) in [5, 5.41) is 15.2. The van der Waals surface area contributed by atoms with Crippen LogP contribution >= 0.6 is 28.7 Å². The fourth-order valence-electron chi connectivity index (χ4n) is 2.46. The van der Waals surface area contributed by atoms with Crippen molar-refractivity contribution in [2.45, 2.75) is 0 Å². The van der Waals surface area contributed by atoms with Crippen molar-refractivity contribution in [2.24, 2.45) is 0 Å². The Kier molecular flexibility index (Phi) is 6.09. The molecule has 3 aromatic rings. The second kappa shape index (κ2) is 8.31. The largest absolute Gasteiger partial charge is 0.506 e. The molecule has 134 valence electrons. The van der Waals surface area contributed by atoms with E-state index in [0.29, 0.717) is 4.88 Å². The van der Waals surface area contributed by atoms with Crippen molar-refractivity contribution in [3.8, 4) is 5.75 Å². The maximum Gasteiger partial charge on any atom is 0.178 e. The van der Waals surface area contributed by atoms with Gasteiger partial charge < -0.3 is 9.84 Å². The summed E-state index contributed by atoms with van der Waals surface area (Å²) >= 11 is 8.82. The number of aliphatic hydroxyl groups is 1. The number of benzene rings is 1. The molecule has 2 aromatic heterocycles. The summed E-state index contributed by atoms with van der Waals surface area (Å²) in [4.78, 5) is 14.2. The first-order valence-electron chi connectivity index (χ1n) is 7.77. The van der Waals surface area contributed by atoms with Crippen LogP contribution in [0.5, 0.6) is 5.75 Å². The first kappa shape index (κ1) is 19.1. The number of thiophene rings is 2. The highest BCUT2D eigenvalue weighted by Crippen LogP contribution is 2.49. The van der Waals surface area contributed by atoms with Crippen molar-refractivity contribution < 1.29 is 14.6 Å².